The Balaban J connectivity index is 0.999. The third-order valence-corrected chi connectivity index (χ3v) is 18.9. The molecule has 13 aromatic rings. The lowest BCUT2D eigenvalue weighted by molar-refractivity contribution is 0.660. The highest BCUT2D eigenvalue weighted by atomic mass is 15.2. The van der Waals surface area contributed by atoms with Crippen LogP contribution in [0.2, 0.25) is 0 Å². The lowest BCUT2D eigenvalue weighted by Crippen LogP contribution is -2.25. The number of para-hydroxylation sites is 2. The fourth-order valence-corrected chi connectivity index (χ4v) is 15.0. The molecule has 2 nitrogen and oxygen atoms in total. The van der Waals surface area contributed by atoms with E-state index in [0.717, 1.165) is 67.5 Å². The second kappa shape index (κ2) is 20.1. The van der Waals surface area contributed by atoms with Crippen molar-refractivity contribution in [3.8, 4) is 77.9 Å². The quantitative estimate of drug-likeness (QED) is 0.135. The van der Waals surface area contributed by atoms with Gasteiger partial charge in [0.05, 0.1) is 16.8 Å². The summed E-state index contributed by atoms with van der Waals surface area (Å²) in [5, 5.41) is 0. The van der Waals surface area contributed by atoms with Crippen LogP contribution in [0.4, 0.5) is 34.1 Å². The second-order valence-electron chi connectivity index (χ2n) is 24.0. The Hall–Kier alpha value is -10.5. The van der Waals surface area contributed by atoms with E-state index < -0.39 is 5.41 Å². The Labute approximate surface area is 505 Å². The van der Waals surface area contributed by atoms with Gasteiger partial charge in [-0.3, -0.25) is 0 Å². The lowest BCUT2D eigenvalue weighted by Gasteiger charge is -2.33. The monoisotopic (exact) mass is 1100 g/mol. The van der Waals surface area contributed by atoms with Gasteiger partial charge < -0.3 is 9.80 Å². The van der Waals surface area contributed by atoms with Crippen molar-refractivity contribution in [1.82, 2.24) is 0 Å². The molecule has 408 valence electrons. The Bertz CT molecular complexity index is 4770. The van der Waals surface area contributed by atoms with Crippen molar-refractivity contribution in [3.63, 3.8) is 0 Å². The van der Waals surface area contributed by atoms with E-state index in [-0.39, 0.29) is 5.41 Å². The third-order valence-electron chi connectivity index (χ3n) is 18.9. The van der Waals surface area contributed by atoms with E-state index in [2.05, 4.69) is 341 Å². The SMILES string of the molecule is Cc1ccccc1-c1ccc(N(c2cc(-c3ccc4c(c3)C3(c5ccccc5-c5ccccc53)c3ccccc3-4)cc(N(c3ccc4c(c3)C(C)(C)c3ccccc3-4)c3ccccc3-c3ccccc3)c2)c2ccccc2-c2ccccc2)cc1C. The first kappa shape index (κ1) is 51.1. The molecule has 3 aliphatic rings. The van der Waals surface area contributed by atoms with Gasteiger partial charge in [0.15, 0.2) is 0 Å². The molecular weight excluding hydrogens is 1040 g/mol. The highest BCUT2D eigenvalue weighted by molar-refractivity contribution is 5.99. The standard InChI is InChI=1S/C84H62N2/c1-55-25-11-12-30-65(55)66-47-44-61(49-56(66)2)85(81-41-23-17-31-67(81)57-26-7-5-8-27-57)63-50-60(59-43-46-74-72-36-16-22-40-78(72)84(80(74)52-59)76-38-20-14-34-70(76)71-35-15-21-39-77(71)84)51-64(53-63)86(82-42-24-18-32-68(82)58-28-9-6-10-29-58)62-45-48-73-69-33-13-19-37-75(69)83(3,4)79(73)54-62/h5-54H,1-4H3. The molecule has 0 aliphatic heterocycles. The van der Waals surface area contributed by atoms with Crippen LogP contribution in [0.25, 0.3) is 77.9 Å². The number of nitrogens with zero attached hydrogens (tertiary/aromatic N) is 2. The number of rotatable bonds is 10. The highest BCUT2D eigenvalue weighted by Gasteiger charge is 2.51. The van der Waals surface area contributed by atoms with Gasteiger partial charge in [0, 0.05) is 39.3 Å². The maximum Gasteiger partial charge on any atom is 0.0725 e. The average molecular weight is 1100 g/mol. The van der Waals surface area contributed by atoms with Crippen molar-refractivity contribution in [2.45, 2.75) is 38.5 Å². The van der Waals surface area contributed by atoms with Crippen molar-refractivity contribution >= 4 is 34.1 Å². The zero-order valence-corrected chi connectivity index (χ0v) is 48.8. The second-order valence-corrected chi connectivity index (χ2v) is 24.0. The number of anilines is 6. The van der Waals surface area contributed by atoms with Gasteiger partial charge in [-0.2, -0.15) is 0 Å². The topological polar surface area (TPSA) is 6.48 Å². The van der Waals surface area contributed by atoms with Crippen molar-refractivity contribution in [2.24, 2.45) is 0 Å². The summed E-state index contributed by atoms with van der Waals surface area (Å²) < 4.78 is 0. The lowest BCUT2D eigenvalue weighted by atomic mass is 9.70. The Kier molecular flexibility index (Phi) is 11.9. The van der Waals surface area contributed by atoms with Gasteiger partial charge in [-0.25, -0.2) is 0 Å². The minimum atomic E-state index is -0.512. The first-order valence-corrected chi connectivity index (χ1v) is 30.2. The third kappa shape index (κ3) is 7.86. The van der Waals surface area contributed by atoms with E-state index in [1.165, 1.54) is 89.0 Å². The molecule has 0 radical (unpaired) electrons. The fraction of sp³-hybridized carbons (Fsp3) is 0.0714. The molecule has 2 heteroatoms. The van der Waals surface area contributed by atoms with Crippen molar-refractivity contribution < 1.29 is 0 Å². The van der Waals surface area contributed by atoms with E-state index in [9.17, 15) is 0 Å². The van der Waals surface area contributed by atoms with E-state index >= 15 is 0 Å². The van der Waals surface area contributed by atoms with Crippen LogP contribution < -0.4 is 9.80 Å². The van der Waals surface area contributed by atoms with Gasteiger partial charge in [0.1, 0.15) is 0 Å². The molecule has 0 amide bonds. The van der Waals surface area contributed by atoms with E-state index in [4.69, 9.17) is 0 Å². The highest BCUT2D eigenvalue weighted by Crippen LogP contribution is 2.63. The zero-order chi connectivity index (χ0) is 57.7. The van der Waals surface area contributed by atoms with Gasteiger partial charge >= 0.3 is 0 Å². The normalized spacial score (nSPS) is 13.3. The van der Waals surface area contributed by atoms with Gasteiger partial charge in [-0.15, -0.1) is 0 Å². The number of hydrogen-bond acceptors (Lipinski definition) is 2. The molecule has 0 unspecified atom stereocenters. The first-order chi connectivity index (χ1) is 42.3. The Morgan fingerprint density at radius 3 is 1.13 bits per heavy atom. The first-order valence-electron chi connectivity index (χ1n) is 30.2. The molecule has 0 atom stereocenters. The largest absolute Gasteiger partial charge is 0.310 e. The zero-order valence-electron chi connectivity index (χ0n) is 48.8. The van der Waals surface area contributed by atoms with Crippen LogP contribution in [0.3, 0.4) is 0 Å². The number of aryl methyl sites for hydroxylation is 2. The van der Waals surface area contributed by atoms with Crippen LogP contribution in [0, 0.1) is 13.8 Å². The van der Waals surface area contributed by atoms with Crippen LogP contribution in [-0.2, 0) is 10.8 Å². The molecule has 0 bridgehead atoms. The summed E-state index contributed by atoms with van der Waals surface area (Å²) in [6, 6.07) is 114. The summed E-state index contributed by atoms with van der Waals surface area (Å²) in [7, 11) is 0. The van der Waals surface area contributed by atoms with E-state index in [1.54, 1.807) is 0 Å². The average Bonchev–Trinajstić information content (AvgIpc) is 1.52. The maximum atomic E-state index is 2.54. The molecule has 0 fully saturated rings. The minimum absolute atomic E-state index is 0.227. The summed E-state index contributed by atoms with van der Waals surface area (Å²) in [5.74, 6) is 0. The molecule has 3 aliphatic carbocycles. The van der Waals surface area contributed by atoms with Gasteiger partial charge in [-0.1, -0.05) is 257 Å². The summed E-state index contributed by atoms with van der Waals surface area (Å²) in [5.41, 5.74) is 33.2. The molecule has 1 spiro atoms. The van der Waals surface area contributed by atoms with Gasteiger partial charge in [0.2, 0.25) is 0 Å². The fourth-order valence-electron chi connectivity index (χ4n) is 15.0. The summed E-state index contributed by atoms with van der Waals surface area (Å²) in [6.45, 7) is 9.25. The van der Waals surface area contributed by atoms with E-state index in [1.807, 2.05) is 0 Å². The van der Waals surface area contributed by atoms with Gasteiger partial charge in [0.25, 0.3) is 0 Å². The Morgan fingerprint density at radius 1 is 0.221 bits per heavy atom. The molecule has 0 saturated heterocycles. The minimum Gasteiger partial charge on any atom is -0.310 e. The van der Waals surface area contributed by atoms with Crippen molar-refractivity contribution in [3.05, 3.63) is 348 Å². The van der Waals surface area contributed by atoms with Crippen molar-refractivity contribution in [1.29, 1.82) is 0 Å². The molecule has 86 heavy (non-hydrogen) atoms. The molecule has 0 N–H and O–H groups in total. The molecule has 0 heterocycles. The molecule has 0 aromatic heterocycles. The molecular formula is C84H62N2. The van der Waals surface area contributed by atoms with Crippen LogP contribution >= 0.6 is 0 Å². The summed E-state index contributed by atoms with van der Waals surface area (Å²) in [6.07, 6.45) is 0. The number of benzene rings is 13. The van der Waals surface area contributed by atoms with Crippen LogP contribution in [-0.4, -0.2) is 0 Å². The van der Waals surface area contributed by atoms with E-state index in [0.29, 0.717) is 0 Å². The van der Waals surface area contributed by atoms with Crippen LogP contribution in [0.15, 0.2) is 303 Å². The Morgan fingerprint density at radius 2 is 0.605 bits per heavy atom. The van der Waals surface area contributed by atoms with Crippen LogP contribution in [0.1, 0.15) is 58.4 Å². The summed E-state index contributed by atoms with van der Waals surface area (Å²) in [4.78, 5) is 5.05. The van der Waals surface area contributed by atoms with Crippen molar-refractivity contribution in [2.75, 3.05) is 9.80 Å². The molecule has 0 saturated carbocycles. The van der Waals surface area contributed by atoms with Gasteiger partial charge in [-0.05, 0) is 186 Å². The predicted octanol–water partition coefficient (Wildman–Crippen LogP) is 22.6. The molecule has 16 rings (SSSR count). The predicted molar refractivity (Wildman–Crippen MR) is 361 cm³/mol. The number of hydrogen-bond donors (Lipinski definition) is 0. The smallest absolute Gasteiger partial charge is 0.0725 e. The maximum absolute atomic E-state index is 2.54. The number of fused-ring (bicyclic) bond motifs is 13. The summed E-state index contributed by atoms with van der Waals surface area (Å²) >= 11 is 0. The molecule has 13 aromatic carbocycles. The van der Waals surface area contributed by atoms with Crippen LogP contribution in [0.5, 0.6) is 0 Å².